The molecule has 0 radical (unpaired) electrons. The van der Waals surface area contributed by atoms with Crippen molar-refractivity contribution in [3.63, 3.8) is 0 Å². The van der Waals surface area contributed by atoms with Crippen molar-refractivity contribution in [2.45, 2.75) is 33.1 Å². The second kappa shape index (κ2) is 4.47. The van der Waals surface area contributed by atoms with Crippen molar-refractivity contribution in [1.29, 1.82) is 0 Å². The SMILES string of the molecule is C=C(CO)C(=O)[C@H]1CCC2=CC(=O)C[C@H](C)[C@]21C. The maximum Gasteiger partial charge on any atom is 0.164 e. The summed E-state index contributed by atoms with van der Waals surface area (Å²) in [5, 5.41) is 9.06. The van der Waals surface area contributed by atoms with Crippen LogP contribution in [0.25, 0.3) is 0 Å². The molecule has 2 rings (SSSR count). The molecule has 2 aliphatic carbocycles. The van der Waals surface area contributed by atoms with Gasteiger partial charge in [-0.25, -0.2) is 0 Å². The van der Waals surface area contributed by atoms with Crippen molar-refractivity contribution < 1.29 is 14.7 Å². The van der Waals surface area contributed by atoms with E-state index in [-0.39, 0.29) is 41.0 Å². The molecule has 0 bridgehead atoms. The number of hydrogen-bond donors (Lipinski definition) is 1. The van der Waals surface area contributed by atoms with Crippen LogP contribution in [0.5, 0.6) is 0 Å². The molecule has 0 amide bonds. The minimum Gasteiger partial charge on any atom is -0.392 e. The molecule has 18 heavy (non-hydrogen) atoms. The van der Waals surface area contributed by atoms with Gasteiger partial charge < -0.3 is 5.11 Å². The number of carbonyl (C=O) groups excluding carboxylic acids is 2. The first-order valence-corrected chi connectivity index (χ1v) is 6.48. The van der Waals surface area contributed by atoms with E-state index in [2.05, 4.69) is 13.5 Å². The van der Waals surface area contributed by atoms with Gasteiger partial charge in [-0.05, 0) is 24.8 Å². The second-order valence-corrected chi connectivity index (χ2v) is 5.74. The fraction of sp³-hybridized carbons (Fsp3) is 0.600. The number of hydrogen-bond acceptors (Lipinski definition) is 3. The summed E-state index contributed by atoms with van der Waals surface area (Å²) in [4.78, 5) is 23.9. The average Bonchev–Trinajstić information content (AvgIpc) is 2.66. The minimum absolute atomic E-state index is 0.0374. The van der Waals surface area contributed by atoms with Crippen LogP contribution in [0.15, 0.2) is 23.8 Å². The Morgan fingerprint density at radius 1 is 1.61 bits per heavy atom. The molecule has 1 N–H and O–H groups in total. The van der Waals surface area contributed by atoms with Gasteiger partial charge in [-0.1, -0.05) is 26.0 Å². The molecular weight excluding hydrogens is 228 g/mol. The van der Waals surface area contributed by atoms with Crippen molar-refractivity contribution in [2.24, 2.45) is 17.3 Å². The molecule has 3 nitrogen and oxygen atoms in total. The van der Waals surface area contributed by atoms with Gasteiger partial charge in [0.2, 0.25) is 0 Å². The number of aliphatic hydroxyl groups excluding tert-OH is 1. The lowest BCUT2D eigenvalue weighted by atomic mass is 9.62. The lowest BCUT2D eigenvalue weighted by molar-refractivity contribution is -0.125. The zero-order valence-corrected chi connectivity index (χ0v) is 11.0. The van der Waals surface area contributed by atoms with E-state index in [1.165, 1.54) is 0 Å². The molecular formula is C15H20O3. The summed E-state index contributed by atoms with van der Waals surface area (Å²) >= 11 is 0. The average molecular weight is 248 g/mol. The zero-order valence-electron chi connectivity index (χ0n) is 11.0. The Morgan fingerprint density at radius 2 is 2.28 bits per heavy atom. The Kier molecular flexibility index (Phi) is 3.28. The Morgan fingerprint density at radius 3 is 2.89 bits per heavy atom. The molecule has 0 aromatic carbocycles. The fourth-order valence-corrected chi connectivity index (χ4v) is 3.48. The standard InChI is InChI=1S/C15H20O3/c1-9(8-16)14(18)13-5-4-11-7-12(17)6-10(2)15(11,13)3/h7,10,13,16H,1,4-6,8H2,2-3H3/t10-,13+,15+/m0/s1. The minimum atomic E-state index is -0.280. The molecule has 98 valence electrons. The van der Waals surface area contributed by atoms with Gasteiger partial charge in [0, 0.05) is 23.3 Å². The smallest absolute Gasteiger partial charge is 0.164 e. The highest BCUT2D eigenvalue weighted by Gasteiger charge is 2.51. The number of fused-ring (bicyclic) bond motifs is 1. The quantitative estimate of drug-likeness (QED) is 0.778. The Hall–Kier alpha value is -1.22. The van der Waals surface area contributed by atoms with Crippen molar-refractivity contribution in [3.8, 4) is 0 Å². The molecule has 0 saturated heterocycles. The van der Waals surface area contributed by atoms with Gasteiger partial charge in [0.05, 0.1) is 6.61 Å². The Balaban J connectivity index is 2.37. The number of allylic oxidation sites excluding steroid dienone is 2. The lowest BCUT2D eigenvalue weighted by Gasteiger charge is -2.40. The zero-order chi connectivity index (χ0) is 13.5. The van der Waals surface area contributed by atoms with Crippen LogP contribution >= 0.6 is 0 Å². The highest BCUT2D eigenvalue weighted by atomic mass is 16.3. The van der Waals surface area contributed by atoms with Crippen LogP contribution in [0.3, 0.4) is 0 Å². The molecule has 0 heterocycles. The highest BCUT2D eigenvalue weighted by molar-refractivity contribution is 5.99. The van der Waals surface area contributed by atoms with E-state index in [0.717, 1.165) is 18.4 Å². The monoisotopic (exact) mass is 248 g/mol. The van der Waals surface area contributed by atoms with Crippen LogP contribution in [0.2, 0.25) is 0 Å². The molecule has 0 aliphatic heterocycles. The number of carbonyl (C=O) groups is 2. The largest absolute Gasteiger partial charge is 0.392 e. The summed E-state index contributed by atoms with van der Waals surface area (Å²) in [6, 6.07) is 0. The van der Waals surface area contributed by atoms with Crippen LogP contribution in [-0.2, 0) is 9.59 Å². The molecule has 3 atom stereocenters. The predicted molar refractivity (Wildman–Crippen MR) is 68.9 cm³/mol. The molecule has 0 unspecified atom stereocenters. The molecule has 0 aromatic rings. The highest BCUT2D eigenvalue weighted by Crippen LogP contribution is 2.55. The predicted octanol–water partition coefficient (Wildman–Crippen LogP) is 2.06. The lowest BCUT2D eigenvalue weighted by Crippen LogP contribution is -2.39. The van der Waals surface area contributed by atoms with Gasteiger partial charge in [-0.2, -0.15) is 0 Å². The van der Waals surface area contributed by atoms with Gasteiger partial charge in [-0.15, -0.1) is 0 Å². The van der Waals surface area contributed by atoms with E-state index in [0.29, 0.717) is 6.42 Å². The van der Waals surface area contributed by atoms with E-state index in [4.69, 9.17) is 5.11 Å². The fourth-order valence-electron chi connectivity index (χ4n) is 3.48. The maximum absolute atomic E-state index is 12.3. The summed E-state index contributed by atoms with van der Waals surface area (Å²) in [6.45, 7) is 7.48. The summed E-state index contributed by atoms with van der Waals surface area (Å²) in [5.74, 6) is 0.174. The topological polar surface area (TPSA) is 54.4 Å². The Labute approximate surface area is 108 Å². The molecule has 0 aromatic heterocycles. The summed E-state index contributed by atoms with van der Waals surface area (Å²) in [7, 11) is 0. The third kappa shape index (κ3) is 1.77. The third-order valence-electron chi connectivity index (χ3n) is 4.84. The van der Waals surface area contributed by atoms with Crippen LogP contribution in [0, 0.1) is 17.3 Å². The number of aliphatic hydroxyl groups is 1. The van der Waals surface area contributed by atoms with Gasteiger partial charge >= 0.3 is 0 Å². The number of ketones is 2. The van der Waals surface area contributed by atoms with Gasteiger partial charge in [0.15, 0.2) is 11.6 Å². The number of Topliss-reactive ketones (excluding diaryl/α,β-unsaturated/α-hetero) is 1. The summed E-state index contributed by atoms with van der Waals surface area (Å²) < 4.78 is 0. The molecule has 1 saturated carbocycles. The van der Waals surface area contributed by atoms with E-state index >= 15 is 0 Å². The molecule has 2 aliphatic rings. The van der Waals surface area contributed by atoms with Crippen molar-refractivity contribution in [1.82, 2.24) is 0 Å². The molecule has 3 heteroatoms. The van der Waals surface area contributed by atoms with Crippen LogP contribution in [0.4, 0.5) is 0 Å². The van der Waals surface area contributed by atoms with Crippen LogP contribution in [-0.4, -0.2) is 23.3 Å². The first kappa shape index (κ1) is 13.2. The van der Waals surface area contributed by atoms with Crippen molar-refractivity contribution >= 4 is 11.6 Å². The van der Waals surface area contributed by atoms with Crippen LogP contribution in [0.1, 0.15) is 33.1 Å². The van der Waals surface area contributed by atoms with E-state index in [1.54, 1.807) is 6.08 Å². The Bertz CT molecular complexity index is 447. The number of rotatable bonds is 3. The normalized spacial score (nSPS) is 35.1. The van der Waals surface area contributed by atoms with E-state index in [1.807, 2.05) is 6.92 Å². The van der Waals surface area contributed by atoms with Crippen molar-refractivity contribution in [3.05, 3.63) is 23.8 Å². The van der Waals surface area contributed by atoms with Crippen molar-refractivity contribution in [2.75, 3.05) is 6.61 Å². The third-order valence-corrected chi connectivity index (χ3v) is 4.84. The second-order valence-electron chi connectivity index (χ2n) is 5.74. The first-order chi connectivity index (χ1) is 8.41. The van der Waals surface area contributed by atoms with Crippen LogP contribution < -0.4 is 0 Å². The first-order valence-electron chi connectivity index (χ1n) is 6.48. The van der Waals surface area contributed by atoms with E-state index in [9.17, 15) is 9.59 Å². The van der Waals surface area contributed by atoms with Gasteiger partial charge in [-0.3, -0.25) is 9.59 Å². The summed E-state index contributed by atoms with van der Waals surface area (Å²) in [6.07, 6.45) is 3.81. The van der Waals surface area contributed by atoms with Gasteiger partial charge in [0.1, 0.15) is 0 Å². The maximum atomic E-state index is 12.3. The molecule has 1 fully saturated rings. The summed E-state index contributed by atoms with van der Waals surface area (Å²) in [5.41, 5.74) is 1.16. The van der Waals surface area contributed by atoms with E-state index < -0.39 is 0 Å². The van der Waals surface area contributed by atoms with Gasteiger partial charge in [0.25, 0.3) is 0 Å². The molecule has 0 spiro atoms.